The number of carbonyl (C=O) groups is 1. The Labute approximate surface area is 118 Å². The van der Waals surface area contributed by atoms with Crippen LogP contribution < -0.4 is 10.1 Å². The molecule has 104 valence electrons. The zero-order valence-electron chi connectivity index (χ0n) is 11.9. The van der Waals surface area contributed by atoms with Crippen LogP contribution in [0.1, 0.15) is 35.7 Å². The van der Waals surface area contributed by atoms with Crippen molar-refractivity contribution in [3.8, 4) is 11.6 Å². The summed E-state index contributed by atoms with van der Waals surface area (Å²) in [6, 6.07) is 11.3. The van der Waals surface area contributed by atoms with Gasteiger partial charge in [0.1, 0.15) is 5.75 Å². The summed E-state index contributed by atoms with van der Waals surface area (Å²) >= 11 is 0. The molecule has 0 spiro atoms. The minimum Gasteiger partial charge on any atom is -0.439 e. The van der Waals surface area contributed by atoms with Gasteiger partial charge >= 0.3 is 0 Å². The highest BCUT2D eigenvalue weighted by molar-refractivity contribution is 5.93. The van der Waals surface area contributed by atoms with Crippen molar-refractivity contribution in [3.05, 3.63) is 53.7 Å². The SMILES string of the molecule is CNC(=O)c1ccc(Oc2ccc(C(C)C)cc2)nc1. The lowest BCUT2D eigenvalue weighted by Gasteiger charge is -2.08. The van der Waals surface area contributed by atoms with Crippen LogP contribution in [0.15, 0.2) is 42.6 Å². The number of aromatic nitrogens is 1. The standard InChI is InChI=1S/C16H18N2O2/c1-11(2)12-4-7-14(8-5-12)20-15-9-6-13(10-18-15)16(19)17-3/h4-11H,1-3H3,(H,17,19). The van der Waals surface area contributed by atoms with Crippen molar-refractivity contribution in [3.63, 3.8) is 0 Å². The van der Waals surface area contributed by atoms with Crippen molar-refractivity contribution in [2.75, 3.05) is 7.05 Å². The summed E-state index contributed by atoms with van der Waals surface area (Å²) in [6.07, 6.45) is 1.50. The van der Waals surface area contributed by atoms with Gasteiger partial charge in [-0.3, -0.25) is 4.79 Å². The van der Waals surface area contributed by atoms with Crippen molar-refractivity contribution < 1.29 is 9.53 Å². The van der Waals surface area contributed by atoms with Crippen LogP contribution >= 0.6 is 0 Å². The highest BCUT2D eigenvalue weighted by atomic mass is 16.5. The summed E-state index contributed by atoms with van der Waals surface area (Å²) in [6.45, 7) is 4.30. The molecule has 1 aromatic heterocycles. The first-order valence-electron chi connectivity index (χ1n) is 6.56. The molecular formula is C16H18N2O2. The van der Waals surface area contributed by atoms with Gasteiger partial charge in [-0.15, -0.1) is 0 Å². The fourth-order valence-corrected chi connectivity index (χ4v) is 1.76. The largest absolute Gasteiger partial charge is 0.439 e. The molecule has 0 unspecified atom stereocenters. The molecule has 20 heavy (non-hydrogen) atoms. The van der Waals surface area contributed by atoms with Crippen molar-refractivity contribution >= 4 is 5.91 Å². The molecule has 4 nitrogen and oxygen atoms in total. The summed E-state index contributed by atoms with van der Waals surface area (Å²) < 4.78 is 5.64. The van der Waals surface area contributed by atoms with E-state index in [-0.39, 0.29) is 5.91 Å². The third kappa shape index (κ3) is 3.35. The number of hydrogen-bond acceptors (Lipinski definition) is 3. The second-order valence-corrected chi connectivity index (χ2v) is 4.79. The fourth-order valence-electron chi connectivity index (χ4n) is 1.76. The van der Waals surface area contributed by atoms with E-state index in [1.807, 2.05) is 24.3 Å². The maximum absolute atomic E-state index is 11.4. The minimum absolute atomic E-state index is 0.162. The summed E-state index contributed by atoms with van der Waals surface area (Å²) in [5.74, 6) is 1.53. The van der Waals surface area contributed by atoms with Crippen LogP contribution in [-0.4, -0.2) is 17.9 Å². The van der Waals surface area contributed by atoms with Gasteiger partial charge < -0.3 is 10.1 Å². The summed E-state index contributed by atoms with van der Waals surface area (Å²) in [7, 11) is 1.59. The summed E-state index contributed by atoms with van der Waals surface area (Å²) in [4.78, 5) is 15.5. The summed E-state index contributed by atoms with van der Waals surface area (Å²) in [5, 5.41) is 2.55. The lowest BCUT2D eigenvalue weighted by Crippen LogP contribution is -2.17. The molecule has 0 saturated heterocycles. The average Bonchev–Trinajstić information content (AvgIpc) is 2.48. The number of carbonyl (C=O) groups excluding carboxylic acids is 1. The topological polar surface area (TPSA) is 51.2 Å². The smallest absolute Gasteiger partial charge is 0.252 e. The van der Waals surface area contributed by atoms with E-state index in [1.165, 1.54) is 11.8 Å². The third-order valence-electron chi connectivity index (χ3n) is 2.99. The van der Waals surface area contributed by atoms with Crippen molar-refractivity contribution in [1.29, 1.82) is 0 Å². The average molecular weight is 270 g/mol. The zero-order chi connectivity index (χ0) is 14.5. The molecule has 0 fully saturated rings. The number of ether oxygens (including phenoxy) is 1. The molecule has 2 aromatic rings. The molecule has 2 rings (SSSR count). The van der Waals surface area contributed by atoms with Gasteiger partial charge in [0.25, 0.3) is 5.91 Å². The molecule has 0 aliphatic rings. The molecule has 4 heteroatoms. The van der Waals surface area contributed by atoms with E-state index in [9.17, 15) is 4.79 Å². The van der Waals surface area contributed by atoms with Gasteiger partial charge in [0.05, 0.1) is 5.56 Å². The molecule has 1 amide bonds. The van der Waals surface area contributed by atoms with Gasteiger partial charge in [-0.25, -0.2) is 4.98 Å². The highest BCUT2D eigenvalue weighted by Crippen LogP contribution is 2.22. The van der Waals surface area contributed by atoms with E-state index >= 15 is 0 Å². The molecule has 1 aromatic carbocycles. The van der Waals surface area contributed by atoms with Crippen LogP contribution in [0.4, 0.5) is 0 Å². The van der Waals surface area contributed by atoms with Crippen molar-refractivity contribution in [2.45, 2.75) is 19.8 Å². The first-order valence-corrected chi connectivity index (χ1v) is 6.56. The van der Waals surface area contributed by atoms with E-state index in [2.05, 4.69) is 24.1 Å². The monoisotopic (exact) mass is 270 g/mol. The van der Waals surface area contributed by atoms with Gasteiger partial charge in [-0.05, 0) is 29.7 Å². The number of benzene rings is 1. The molecule has 0 radical (unpaired) electrons. The molecule has 0 bridgehead atoms. The Kier molecular flexibility index (Phi) is 4.35. The first-order chi connectivity index (χ1) is 9.60. The van der Waals surface area contributed by atoms with E-state index in [4.69, 9.17) is 4.74 Å². The number of amides is 1. The number of pyridine rings is 1. The van der Waals surface area contributed by atoms with Gasteiger partial charge in [0, 0.05) is 19.3 Å². The Morgan fingerprint density at radius 2 is 1.85 bits per heavy atom. The Hall–Kier alpha value is -2.36. The van der Waals surface area contributed by atoms with Crippen LogP contribution in [0.3, 0.4) is 0 Å². The van der Waals surface area contributed by atoms with Gasteiger partial charge in [0.15, 0.2) is 0 Å². The van der Waals surface area contributed by atoms with Crippen LogP contribution in [0.5, 0.6) is 11.6 Å². The van der Waals surface area contributed by atoms with E-state index < -0.39 is 0 Å². The van der Waals surface area contributed by atoms with E-state index in [1.54, 1.807) is 19.2 Å². The highest BCUT2D eigenvalue weighted by Gasteiger charge is 2.05. The van der Waals surface area contributed by atoms with E-state index in [0.29, 0.717) is 17.4 Å². The van der Waals surface area contributed by atoms with Crippen LogP contribution in [0, 0.1) is 0 Å². The molecule has 0 aliphatic carbocycles. The maximum atomic E-state index is 11.4. The molecule has 0 aliphatic heterocycles. The normalized spacial score (nSPS) is 10.4. The Morgan fingerprint density at radius 3 is 2.35 bits per heavy atom. The van der Waals surface area contributed by atoms with Gasteiger partial charge in [-0.2, -0.15) is 0 Å². The summed E-state index contributed by atoms with van der Waals surface area (Å²) in [5.41, 5.74) is 1.77. The van der Waals surface area contributed by atoms with Crippen LogP contribution in [0.25, 0.3) is 0 Å². The molecule has 0 saturated carbocycles. The lowest BCUT2D eigenvalue weighted by atomic mass is 10.0. The lowest BCUT2D eigenvalue weighted by molar-refractivity contribution is 0.0962. The van der Waals surface area contributed by atoms with Crippen LogP contribution in [0.2, 0.25) is 0 Å². The van der Waals surface area contributed by atoms with Crippen molar-refractivity contribution in [2.24, 2.45) is 0 Å². The Morgan fingerprint density at radius 1 is 1.15 bits per heavy atom. The number of rotatable bonds is 4. The first kappa shape index (κ1) is 14.1. The van der Waals surface area contributed by atoms with Gasteiger partial charge in [0.2, 0.25) is 5.88 Å². The molecule has 1 N–H and O–H groups in total. The minimum atomic E-state index is -0.162. The second-order valence-electron chi connectivity index (χ2n) is 4.79. The zero-order valence-corrected chi connectivity index (χ0v) is 11.9. The quantitative estimate of drug-likeness (QED) is 0.926. The van der Waals surface area contributed by atoms with Gasteiger partial charge in [-0.1, -0.05) is 26.0 Å². The number of nitrogens with one attached hydrogen (secondary N) is 1. The molecular weight excluding hydrogens is 252 g/mol. The third-order valence-corrected chi connectivity index (χ3v) is 2.99. The maximum Gasteiger partial charge on any atom is 0.252 e. The second kappa shape index (κ2) is 6.19. The predicted octanol–water partition coefficient (Wildman–Crippen LogP) is 3.36. The number of hydrogen-bond donors (Lipinski definition) is 1. The molecule has 1 heterocycles. The van der Waals surface area contributed by atoms with E-state index in [0.717, 1.165) is 5.75 Å². The number of nitrogens with zero attached hydrogens (tertiary/aromatic N) is 1. The Bertz CT molecular complexity index is 574. The fraction of sp³-hybridized carbons (Fsp3) is 0.250. The van der Waals surface area contributed by atoms with Crippen molar-refractivity contribution in [1.82, 2.24) is 10.3 Å². The predicted molar refractivity (Wildman–Crippen MR) is 78.2 cm³/mol. The van der Waals surface area contributed by atoms with Crippen LogP contribution in [-0.2, 0) is 0 Å². The molecule has 0 atom stereocenters. The Balaban J connectivity index is 2.08.